The van der Waals surface area contributed by atoms with E-state index in [1.165, 1.54) is 39.1 Å². The number of hydrogen-bond acceptors (Lipinski definition) is 1. The summed E-state index contributed by atoms with van der Waals surface area (Å²) in [6.45, 7) is 6.59. The van der Waals surface area contributed by atoms with Gasteiger partial charge in [0.25, 0.3) is 0 Å². The molecule has 27 heavy (non-hydrogen) atoms. The second-order valence-corrected chi connectivity index (χ2v) is 8.34. The van der Waals surface area contributed by atoms with Crippen molar-refractivity contribution in [2.24, 2.45) is 5.92 Å². The fraction of sp³-hybridized carbons (Fsp3) is 0.292. The average Bonchev–Trinajstić information content (AvgIpc) is 2.64. The summed E-state index contributed by atoms with van der Waals surface area (Å²) in [6.07, 6.45) is 4.47. The zero-order chi connectivity index (χ0) is 19.0. The summed E-state index contributed by atoms with van der Waals surface area (Å²) < 4.78 is 0. The molecule has 0 saturated heterocycles. The van der Waals surface area contributed by atoms with Crippen molar-refractivity contribution in [2.75, 3.05) is 0 Å². The number of rotatable bonds is 2. The molecule has 0 spiro atoms. The molecule has 1 aliphatic carbocycles. The Hall–Kier alpha value is -2.39. The van der Waals surface area contributed by atoms with Crippen LogP contribution in [0, 0.1) is 19.8 Å². The molecule has 2 aromatic carbocycles. The van der Waals surface area contributed by atoms with Crippen molar-refractivity contribution in [1.29, 1.82) is 0 Å². The van der Waals surface area contributed by atoms with Crippen LogP contribution >= 0.6 is 12.2 Å². The number of hydrogen-bond donors (Lipinski definition) is 2. The van der Waals surface area contributed by atoms with E-state index in [4.69, 9.17) is 12.2 Å². The summed E-state index contributed by atoms with van der Waals surface area (Å²) in [4.78, 5) is 0. The first kappa shape index (κ1) is 18.0. The van der Waals surface area contributed by atoms with Crippen LogP contribution in [0.2, 0.25) is 0 Å². The molecule has 138 valence electrons. The molecule has 1 aliphatic heterocycles. The van der Waals surface area contributed by atoms with Crippen molar-refractivity contribution in [3.8, 4) is 0 Å². The van der Waals surface area contributed by atoms with Gasteiger partial charge in [0.05, 0.1) is 6.04 Å². The third kappa shape index (κ3) is 3.84. The molecule has 0 unspecified atom stereocenters. The molecule has 2 nitrogen and oxygen atoms in total. The van der Waals surface area contributed by atoms with Crippen LogP contribution in [-0.2, 0) is 0 Å². The maximum absolute atomic E-state index is 5.56. The largest absolute Gasteiger partial charge is 0.352 e. The van der Waals surface area contributed by atoms with Crippen molar-refractivity contribution in [1.82, 2.24) is 10.6 Å². The minimum atomic E-state index is 0.151. The standard InChI is InChI=1S/C24H26N2S/c1-15-4-8-18(9-5-15)14-20-12-17(3)13-21-22(25-24(27)26-23(20)21)19-10-6-16(2)7-11-19/h4-11,14,17,22H,12-13H2,1-3H3,(H2,25,26,27)/b20-14+/t17-,22+/m0/s1. The van der Waals surface area contributed by atoms with Crippen LogP contribution in [0.3, 0.4) is 0 Å². The molecule has 3 heteroatoms. The van der Waals surface area contributed by atoms with Gasteiger partial charge in [0.15, 0.2) is 5.11 Å². The minimum Gasteiger partial charge on any atom is -0.352 e. The summed E-state index contributed by atoms with van der Waals surface area (Å²) in [5.41, 5.74) is 9.09. The van der Waals surface area contributed by atoms with Gasteiger partial charge in [-0.1, -0.05) is 66.6 Å². The first-order valence-corrected chi connectivity index (χ1v) is 10.0. The molecule has 4 rings (SSSR count). The van der Waals surface area contributed by atoms with Gasteiger partial charge in [-0.3, -0.25) is 0 Å². The maximum Gasteiger partial charge on any atom is 0.171 e. The molecule has 2 aliphatic rings. The monoisotopic (exact) mass is 374 g/mol. The SMILES string of the molecule is Cc1ccc(/C=C2\C[C@H](C)CC3=C2NC(=S)N[C@@H]3c2ccc(C)cc2)cc1. The van der Waals surface area contributed by atoms with E-state index in [1.807, 2.05) is 0 Å². The smallest absolute Gasteiger partial charge is 0.171 e. The van der Waals surface area contributed by atoms with Crippen molar-refractivity contribution in [2.45, 2.75) is 39.7 Å². The fourth-order valence-corrected chi connectivity index (χ4v) is 4.28. The topological polar surface area (TPSA) is 24.1 Å². The Kier molecular flexibility index (Phi) is 4.88. The van der Waals surface area contributed by atoms with Gasteiger partial charge >= 0.3 is 0 Å². The Balaban J connectivity index is 1.78. The number of thiocarbonyl (C=S) groups is 1. The summed E-state index contributed by atoms with van der Waals surface area (Å²) in [5.74, 6) is 0.615. The number of benzene rings is 2. The van der Waals surface area contributed by atoms with E-state index in [2.05, 4.69) is 86.0 Å². The van der Waals surface area contributed by atoms with E-state index in [9.17, 15) is 0 Å². The first-order valence-electron chi connectivity index (χ1n) is 9.64. The molecule has 0 radical (unpaired) electrons. The lowest BCUT2D eigenvalue weighted by atomic mass is 9.78. The summed E-state index contributed by atoms with van der Waals surface area (Å²) in [5, 5.41) is 7.67. The van der Waals surface area contributed by atoms with Crippen LogP contribution in [0.5, 0.6) is 0 Å². The molecule has 0 bridgehead atoms. The first-order chi connectivity index (χ1) is 13.0. The summed E-state index contributed by atoms with van der Waals surface area (Å²) in [6, 6.07) is 17.7. The summed E-state index contributed by atoms with van der Waals surface area (Å²) in [7, 11) is 0. The van der Waals surface area contributed by atoms with E-state index in [0.29, 0.717) is 11.0 Å². The van der Waals surface area contributed by atoms with Gasteiger partial charge in [-0.2, -0.15) is 0 Å². The zero-order valence-electron chi connectivity index (χ0n) is 16.2. The van der Waals surface area contributed by atoms with Gasteiger partial charge in [0.2, 0.25) is 0 Å². The van der Waals surface area contributed by atoms with Crippen molar-refractivity contribution >= 4 is 23.4 Å². The van der Waals surface area contributed by atoms with Crippen LogP contribution in [0.1, 0.15) is 48.1 Å². The molecule has 0 fully saturated rings. The molecule has 2 aromatic rings. The van der Waals surface area contributed by atoms with Crippen LogP contribution in [0.15, 0.2) is 65.4 Å². The molecule has 0 saturated carbocycles. The molecular formula is C24H26N2S. The third-order valence-electron chi connectivity index (χ3n) is 5.47. The Morgan fingerprint density at radius 2 is 1.56 bits per heavy atom. The van der Waals surface area contributed by atoms with Crippen molar-refractivity contribution < 1.29 is 0 Å². The highest BCUT2D eigenvalue weighted by Gasteiger charge is 2.32. The highest BCUT2D eigenvalue weighted by molar-refractivity contribution is 7.80. The summed E-state index contributed by atoms with van der Waals surface area (Å²) >= 11 is 5.56. The van der Waals surface area contributed by atoms with Crippen molar-refractivity contribution in [3.63, 3.8) is 0 Å². The molecule has 2 N–H and O–H groups in total. The van der Waals surface area contributed by atoms with Gasteiger partial charge in [-0.15, -0.1) is 0 Å². The Bertz CT molecular complexity index is 920. The lowest BCUT2D eigenvalue weighted by Crippen LogP contribution is -2.45. The second-order valence-electron chi connectivity index (χ2n) is 7.94. The molecular weight excluding hydrogens is 348 g/mol. The Morgan fingerprint density at radius 1 is 0.926 bits per heavy atom. The van der Waals surface area contributed by atoms with E-state index in [0.717, 1.165) is 12.8 Å². The van der Waals surface area contributed by atoms with Crippen LogP contribution in [-0.4, -0.2) is 5.11 Å². The number of aryl methyl sites for hydroxylation is 2. The maximum atomic E-state index is 5.56. The number of nitrogens with one attached hydrogen (secondary N) is 2. The van der Waals surface area contributed by atoms with Crippen molar-refractivity contribution in [3.05, 3.63) is 87.6 Å². The van der Waals surface area contributed by atoms with Gasteiger partial charge in [-0.25, -0.2) is 0 Å². The van der Waals surface area contributed by atoms with E-state index in [-0.39, 0.29) is 6.04 Å². The lowest BCUT2D eigenvalue weighted by Gasteiger charge is -2.38. The van der Waals surface area contributed by atoms with E-state index >= 15 is 0 Å². The Morgan fingerprint density at radius 3 is 2.22 bits per heavy atom. The van der Waals surface area contributed by atoms with E-state index in [1.54, 1.807) is 0 Å². The normalized spacial score (nSPS) is 23.7. The van der Waals surface area contributed by atoms with Crippen LogP contribution in [0.4, 0.5) is 0 Å². The molecule has 0 amide bonds. The van der Waals surface area contributed by atoms with E-state index < -0.39 is 0 Å². The van der Waals surface area contributed by atoms with Crippen LogP contribution in [0.25, 0.3) is 6.08 Å². The zero-order valence-corrected chi connectivity index (χ0v) is 17.0. The van der Waals surface area contributed by atoms with Gasteiger partial charge in [0.1, 0.15) is 0 Å². The Labute approximate surface area is 167 Å². The highest BCUT2D eigenvalue weighted by atomic mass is 32.1. The van der Waals surface area contributed by atoms with Crippen LogP contribution < -0.4 is 10.6 Å². The predicted molar refractivity (Wildman–Crippen MR) is 117 cm³/mol. The number of allylic oxidation sites excluding steroid dienone is 1. The average molecular weight is 375 g/mol. The van der Waals surface area contributed by atoms with Gasteiger partial charge < -0.3 is 10.6 Å². The molecule has 2 atom stereocenters. The third-order valence-corrected chi connectivity index (χ3v) is 5.69. The fourth-order valence-electron chi connectivity index (χ4n) is 4.06. The quantitative estimate of drug-likeness (QED) is 0.670. The molecule has 1 heterocycles. The van der Waals surface area contributed by atoms with Gasteiger partial charge in [0, 0.05) is 5.70 Å². The highest BCUT2D eigenvalue weighted by Crippen LogP contribution is 2.41. The predicted octanol–water partition coefficient (Wildman–Crippen LogP) is 5.59. The van der Waals surface area contributed by atoms with Gasteiger partial charge in [-0.05, 0) is 73.2 Å². The lowest BCUT2D eigenvalue weighted by molar-refractivity contribution is 0.500. The minimum absolute atomic E-state index is 0.151. The molecule has 0 aromatic heterocycles. The second kappa shape index (κ2) is 7.32.